The minimum Gasteiger partial charge on any atom is -0.465 e. The molecule has 2 fully saturated rings. The van der Waals surface area contributed by atoms with Crippen molar-refractivity contribution < 1.29 is 14.6 Å². The molecule has 0 radical (unpaired) electrons. The summed E-state index contributed by atoms with van der Waals surface area (Å²) in [4.78, 5) is 24.3. The summed E-state index contributed by atoms with van der Waals surface area (Å²) in [5.41, 5.74) is 2.45. The molecule has 1 amide bonds. The molecule has 0 atom stereocenters. The number of carboxylic acid groups (broad SMARTS) is 1. The van der Waals surface area contributed by atoms with E-state index in [4.69, 9.17) is 4.74 Å². The molecule has 10 nitrogen and oxygen atoms in total. The van der Waals surface area contributed by atoms with Gasteiger partial charge in [0, 0.05) is 76.4 Å². The second-order valence-electron chi connectivity index (χ2n) is 11.9. The SMILES string of the molecule is C[Si](C)(C)CCOCn1ccc2c(-c3ccn(C4(CC#N)CN(C5CCN(C(=O)O)CC5)C4)c3)ncnc21. The van der Waals surface area contributed by atoms with E-state index in [2.05, 4.69) is 63.6 Å². The van der Waals surface area contributed by atoms with Crippen LogP contribution in [0.25, 0.3) is 22.3 Å². The number of fused-ring (bicyclic) bond motifs is 1. The Bertz CT molecular complexity index is 1320. The van der Waals surface area contributed by atoms with Crippen LogP contribution in [0.2, 0.25) is 25.7 Å². The van der Waals surface area contributed by atoms with Crippen LogP contribution >= 0.6 is 0 Å². The Hall–Kier alpha value is -3.20. The first kappa shape index (κ1) is 26.4. The van der Waals surface area contributed by atoms with Gasteiger partial charge in [-0.1, -0.05) is 19.6 Å². The van der Waals surface area contributed by atoms with Crippen molar-refractivity contribution in [2.75, 3.05) is 32.8 Å². The molecule has 0 saturated carbocycles. The van der Waals surface area contributed by atoms with Gasteiger partial charge in [-0.05, 0) is 31.0 Å². The van der Waals surface area contributed by atoms with Crippen LogP contribution in [0.5, 0.6) is 0 Å². The van der Waals surface area contributed by atoms with Crippen molar-refractivity contribution in [2.45, 2.75) is 63.3 Å². The van der Waals surface area contributed by atoms with Gasteiger partial charge in [-0.3, -0.25) is 4.90 Å². The largest absolute Gasteiger partial charge is 0.465 e. The molecular formula is C27H37N7O3Si. The van der Waals surface area contributed by atoms with Crippen LogP contribution in [0, 0.1) is 11.3 Å². The van der Waals surface area contributed by atoms with Gasteiger partial charge in [-0.2, -0.15) is 5.26 Å². The highest BCUT2D eigenvalue weighted by molar-refractivity contribution is 6.76. The fourth-order valence-electron chi connectivity index (χ4n) is 5.61. The van der Waals surface area contributed by atoms with Gasteiger partial charge in [0.15, 0.2) is 0 Å². The number of rotatable bonds is 9. The summed E-state index contributed by atoms with van der Waals surface area (Å²) < 4.78 is 10.2. The lowest BCUT2D eigenvalue weighted by Gasteiger charge is -2.54. The maximum absolute atomic E-state index is 11.2. The van der Waals surface area contributed by atoms with Crippen molar-refractivity contribution in [1.29, 1.82) is 5.26 Å². The molecule has 5 rings (SSSR count). The summed E-state index contributed by atoms with van der Waals surface area (Å²) in [6.07, 6.45) is 9.03. The van der Waals surface area contributed by atoms with Gasteiger partial charge in [0.25, 0.3) is 0 Å². The number of hydrogen-bond acceptors (Lipinski definition) is 6. The van der Waals surface area contributed by atoms with Crippen LogP contribution in [0.4, 0.5) is 4.79 Å². The zero-order valence-corrected chi connectivity index (χ0v) is 23.5. The van der Waals surface area contributed by atoms with Crippen LogP contribution in [-0.4, -0.2) is 87.0 Å². The predicted molar refractivity (Wildman–Crippen MR) is 147 cm³/mol. The molecule has 5 heterocycles. The summed E-state index contributed by atoms with van der Waals surface area (Å²) in [7, 11) is -1.13. The summed E-state index contributed by atoms with van der Waals surface area (Å²) in [6.45, 7) is 11.0. The van der Waals surface area contributed by atoms with E-state index in [1.165, 1.54) is 4.90 Å². The fourth-order valence-corrected chi connectivity index (χ4v) is 6.37. The second-order valence-corrected chi connectivity index (χ2v) is 17.5. The Morgan fingerprint density at radius 3 is 2.66 bits per heavy atom. The second kappa shape index (κ2) is 10.5. The van der Waals surface area contributed by atoms with Crippen molar-refractivity contribution in [1.82, 2.24) is 28.9 Å². The number of carbonyl (C=O) groups is 1. The zero-order valence-electron chi connectivity index (χ0n) is 22.5. The van der Waals surface area contributed by atoms with Crippen LogP contribution in [0.3, 0.4) is 0 Å². The van der Waals surface area contributed by atoms with Crippen LogP contribution in [0.15, 0.2) is 37.1 Å². The van der Waals surface area contributed by atoms with Gasteiger partial charge in [-0.15, -0.1) is 0 Å². The number of ether oxygens (including phenoxy) is 1. The van der Waals surface area contributed by atoms with Crippen LogP contribution in [-0.2, 0) is 17.0 Å². The predicted octanol–water partition coefficient (Wildman–Crippen LogP) is 4.28. The maximum Gasteiger partial charge on any atom is 0.407 e. The summed E-state index contributed by atoms with van der Waals surface area (Å²) >= 11 is 0. The molecule has 0 aliphatic carbocycles. The maximum atomic E-state index is 11.2. The van der Waals surface area contributed by atoms with Crippen molar-refractivity contribution in [3.63, 3.8) is 0 Å². The molecular weight excluding hydrogens is 498 g/mol. The standard InChI is InChI=1S/C27H37N7O3Si/c1-38(2,3)15-14-37-20-32-12-7-23-24(29-19-30-25(23)32)21-4-13-34(16-21)27(8-9-28)17-33(18-27)22-5-10-31(11-6-22)26(35)36/h4,7,12-13,16,19,22H,5-6,8,10-11,14-15,17-18,20H2,1-3H3,(H,35,36). The lowest BCUT2D eigenvalue weighted by Crippen LogP contribution is -2.66. The lowest BCUT2D eigenvalue weighted by molar-refractivity contribution is -0.0350. The minimum absolute atomic E-state index is 0.279. The summed E-state index contributed by atoms with van der Waals surface area (Å²) in [5, 5.41) is 19.8. The van der Waals surface area contributed by atoms with E-state index >= 15 is 0 Å². The lowest BCUT2D eigenvalue weighted by atomic mass is 9.83. The molecule has 0 aromatic carbocycles. The monoisotopic (exact) mass is 535 g/mol. The van der Waals surface area contributed by atoms with Gasteiger partial charge in [0.2, 0.25) is 0 Å². The van der Waals surface area contributed by atoms with Crippen molar-refractivity contribution in [3.05, 3.63) is 37.1 Å². The number of nitriles is 1. The third kappa shape index (κ3) is 5.34. The number of aromatic nitrogens is 4. The molecule has 2 aliphatic rings. The first-order valence-electron chi connectivity index (χ1n) is 13.3. The summed E-state index contributed by atoms with van der Waals surface area (Å²) in [5.74, 6) is 0. The highest BCUT2D eigenvalue weighted by atomic mass is 28.3. The Kier molecular flexibility index (Phi) is 7.31. The minimum atomic E-state index is -1.13. The van der Waals surface area contributed by atoms with Crippen molar-refractivity contribution >= 4 is 25.2 Å². The molecule has 2 saturated heterocycles. The highest BCUT2D eigenvalue weighted by Crippen LogP contribution is 2.38. The van der Waals surface area contributed by atoms with Gasteiger partial charge < -0.3 is 23.9 Å². The van der Waals surface area contributed by atoms with Gasteiger partial charge in [0.05, 0.1) is 23.7 Å². The van der Waals surface area contributed by atoms with E-state index < -0.39 is 14.2 Å². The Balaban J connectivity index is 1.28. The van der Waals surface area contributed by atoms with Crippen molar-refractivity contribution in [3.8, 4) is 17.3 Å². The van der Waals surface area contributed by atoms with Crippen molar-refractivity contribution in [2.24, 2.45) is 0 Å². The third-order valence-electron chi connectivity index (χ3n) is 7.95. The number of hydrogen-bond donors (Lipinski definition) is 1. The first-order valence-corrected chi connectivity index (χ1v) is 17.1. The van der Waals surface area contributed by atoms with E-state index in [0.717, 1.165) is 60.9 Å². The molecule has 1 N–H and O–H groups in total. The number of amides is 1. The molecule has 202 valence electrons. The topological polar surface area (TPSA) is 112 Å². The molecule has 0 unspecified atom stereocenters. The van der Waals surface area contributed by atoms with E-state index in [0.29, 0.717) is 32.3 Å². The van der Waals surface area contributed by atoms with Gasteiger partial charge in [0.1, 0.15) is 18.7 Å². The molecule has 0 spiro atoms. The van der Waals surface area contributed by atoms with E-state index in [1.807, 2.05) is 16.8 Å². The average Bonchev–Trinajstić information content (AvgIpc) is 3.51. The van der Waals surface area contributed by atoms with E-state index in [1.54, 1.807) is 6.33 Å². The quantitative estimate of drug-likeness (QED) is 0.321. The summed E-state index contributed by atoms with van der Waals surface area (Å²) in [6, 6.07) is 8.00. The Labute approximate surface area is 224 Å². The fraction of sp³-hybridized carbons (Fsp3) is 0.556. The molecule has 0 bridgehead atoms. The molecule has 2 aliphatic heterocycles. The molecule has 11 heteroatoms. The van der Waals surface area contributed by atoms with Crippen LogP contribution in [0.1, 0.15) is 19.3 Å². The molecule has 3 aromatic rings. The van der Waals surface area contributed by atoms with E-state index in [-0.39, 0.29) is 5.54 Å². The Morgan fingerprint density at radius 2 is 1.97 bits per heavy atom. The highest BCUT2D eigenvalue weighted by Gasteiger charge is 2.47. The van der Waals surface area contributed by atoms with E-state index in [9.17, 15) is 15.2 Å². The third-order valence-corrected chi connectivity index (χ3v) is 9.66. The van der Waals surface area contributed by atoms with Gasteiger partial charge in [-0.25, -0.2) is 14.8 Å². The van der Waals surface area contributed by atoms with Gasteiger partial charge >= 0.3 is 6.09 Å². The van der Waals surface area contributed by atoms with Crippen LogP contribution < -0.4 is 0 Å². The zero-order chi connectivity index (χ0) is 26.9. The molecule has 38 heavy (non-hydrogen) atoms. The average molecular weight is 536 g/mol. The normalized spacial score (nSPS) is 18.4. The molecule has 3 aromatic heterocycles. The first-order chi connectivity index (χ1) is 18.2. The smallest absolute Gasteiger partial charge is 0.407 e. The Morgan fingerprint density at radius 1 is 1.21 bits per heavy atom. The number of piperidine rings is 1. The number of likely N-dealkylation sites (tertiary alicyclic amines) is 2. The number of nitrogens with zero attached hydrogens (tertiary/aromatic N) is 7.